The maximum Gasteiger partial charge on any atom is 0.246 e. The second-order valence-corrected chi connectivity index (χ2v) is 7.17. The minimum absolute atomic E-state index is 0.199. The molecule has 2 heterocycles. The molecule has 1 aliphatic rings. The second kappa shape index (κ2) is 9.04. The van der Waals surface area contributed by atoms with Crippen LogP contribution in [0.3, 0.4) is 0 Å². The van der Waals surface area contributed by atoms with Crippen molar-refractivity contribution in [3.05, 3.63) is 48.4 Å². The molecule has 0 atom stereocenters. The van der Waals surface area contributed by atoms with Crippen LogP contribution in [0.15, 0.2) is 47.0 Å². The number of hydrogen-bond acceptors (Lipinski definition) is 8. The highest BCUT2D eigenvalue weighted by Gasteiger charge is 2.19. The summed E-state index contributed by atoms with van der Waals surface area (Å²) >= 11 is 0. The van der Waals surface area contributed by atoms with Crippen LogP contribution in [-0.2, 0) is 6.54 Å². The Hall–Kier alpha value is -3.26. The Morgan fingerprint density at radius 1 is 1.10 bits per heavy atom. The molecule has 0 radical (unpaired) electrons. The fraction of sp³-hybridized carbons (Fsp3) is 0.364. The largest absolute Gasteiger partial charge is 0.493 e. The summed E-state index contributed by atoms with van der Waals surface area (Å²) in [6.45, 7) is 2.08. The van der Waals surface area contributed by atoms with Crippen LogP contribution in [0.25, 0.3) is 11.4 Å². The van der Waals surface area contributed by atoms with E-state index in [9.17, 15) is 5.11 Å². The van der Waals surface area contributed by atoms with Gasteiger partial charge in [-0.05, 0) is 43.2 Å². The van der Waals surface area contributed by atoms with E-state index in [0.29, 0.717) is 29.8 Å². The molecule has 1 aromatic heterocycles. The number of anilines is 2. The van der Waals surface area contributed by atoms with E-state index in [-0.39, 0.29) is 6.10 Å². The first-order valence-corrected chi connectivity index (χ1v) is 9.99. The van der Waals surface area contributed by atoms with Crippen molar-refractivity contribution in [2.24, 2.45) is 0 Å². The Balaban J connectivity index is 1.46. The van der Waals surface area contributed by atoms with Crippen molar-refractivity contribution in [3.8, 4) is 22.9 Å². The third-order valence-electron chi connectivity index (χ3n) is 5.25. The van der Waals surface area contributed by atoms with Crippen molar-refractivity contribution in [1.82, 2.24) is 10.1 Å². The van der Waals surface area contributed by atoms with Crippen LogP contribution in [0.4, 0.5) is 11.4 Å². The molecule has 2 N–H and O–H groups in total. The summed E-state index contributed by atoms with van der Waals surface area (Å²) in [6, 6.07) is 13.6. The van der Waals surface area contributed by atoms with Crippen molar-refractivity contribution in [1.29, 1.82) is 0 Å². The van der Waals surface area contributed by atoms with Gasteiger partial charge in [-0.25, -0.2) is 0 Å². The van der Waals surface area contributed by atoms with Crippen LogP contribution < -0.4 is 19.7 Å². The van der Waals surface area contributed by atoms with E-state index in [1.54, 1.807) is 14.2 Å². The van der Waals surface area contributed by atoms with Crippen LogP contribution in [0.2, 0.25) is 0 Å². The number of aromatic nitrogens is 2. The lowest BCUT2D eigenvalue weighted by molar-refractivity contribution is 0.145. The van der Waals surface area contributed by atoms with E-state index in [2.05, 4.69) is 26.4 Å². The number of nitrogens with one attached hydrogen (secondary N) is 1. The monoisotopic (exact) mass is 410 g/mol. The van der Waals surface area contributed by atoms with Crippen molar-refractivity contribution in [2.45, 2.75) is 25.5 Å². The molecule has 4 rings (SSSR count). The number of piperidine rings is 1. The fourth-order valence-corrected chi connectivity index (χ4v) is 3.60. The summed E-state index contributed by atoms with van der Waals surface area (Å²) in [4.78, 5) is 6.78. The normalized spacial score (nSPS) is 14.6. The standard InChI is InChI=1S/C22H26N4O4/c1-28-19-8-7-15(13-20(19)29-2)22-24-21(30-25-22)14-23-17-5-3-4-6-18(17)26-11-9-16(27)10-12-26/h3-8,13,16,23,27H,9-12,14H2,1-2H3. The van der Waals surface area contributed by atoms with Gasteiger partial charge in [-0.15, -0.1) is 0 Å². The SMILES string of the molecule is COc1ccc(-c2noc(CNc3ccccc3N3CCC(O)CC3)n2)cc1OC. The number of benzene rings is 2. The molecule has 0 spiro atoms. The van der Waals surface area contributed by atoms with E-state index in [1.807, 2.05) is 36.4 Å². The number of aliphatic hydroxyl groups excluding tert-OH is 1. The van der Waals surface area contributed by atoms with Gasteiger partial charge in [0.05, 0.1) is 38.2 Å². The molecule has 0 bridgehead atoms. The first-order valence-electron chi connectivity index (χ1n) is 9.99. The maximum atomic E-state index is 9.77. The highest BCUT2D eigenvalue weighted by Crippen LogP contribution is 2.32. The molecule has 8 nitrogen and oxygen atoms in total. The maximum absolute atomic E-state index is 9.77. The molecular formula is C22H26N4O4. The van der Waals surface area contributed by atoms with Gasteiger partial charge in [0, 0.05) is 18.7 Å². The summed E-state index contributed by atoms with van der Waals surface area (Å²) in [7, 11) is 3.19. The summed E-state index contributed by atoms with van der Waals surface area (Å²) in [5.74, 6) is 2.24. The van der Waals surface area contributed by atoms with Gasteiger partial charge in [0.25, 0.3) is 0 Å². The zero-order valence-corrected chi connectivity index (χ0v) is 17.2. The van der Waals surface area contributed by atoms with E-state index >= 15 is 0 Å². The number of hydrogen-bond donors (Lipinski definition) is 2. The topological polar surface area (TPSA) is 92.9 Å². The first kappa shape index (κ1) is 20.0. The van der Waals surface area contributed by atoms with E-state index in [4.69, 9.17) is 14.0 Å². The summed E-state index contributed by atoms with van der Waals surface area (Å²) < 4.78 is 16.0. The third-order valence-corrected chi connectivity index (χ3v) is 5.25. The minimum atomic E-state index is -0.199. The number of aliphatic hydroxyl groups is 1. The Labute approximate surface area is 175 Å². The van der Waals surface area contributed by atoms with Gasteiger partial charge in [-0.2, -0.15) is 4.98 Å². The van der Waals surface area contributed by atoms with Crippen molar-refractivity contribution >= 4 is 11.4 Å². The van der Waals surface area contributed by atoms with Crippen LogP contribution in [0, 0.1) is 0 Å². The number of nitrogens with zero attached hydrogens (tertiary/aromatic N) is 3. The van der Waals surface area contributed by atoms with Crippen LogP contribution in [0.5, 0.6) is 11.5 Å². The Morgan fingerprint density at radius 3 is 2.63 bits per heavy atom. The fourth-order valence-electron chi connectivity index (χ4n) is 3.60. The lowest BCUT2D eigenvalue weighted by atomic mass is 10.1. The molecule has 0 saturated carbocycles. The smallest absolute Gasteiger partial charge is 0.246 e. The van der Waals surface area contributed by atoms with Crippen molar-refractivity contribution < 1.29 is 19.1 Å². The van der Waals surface area contributed by atoms with Gasteiger partial charge >= 0.3 is 0 Å². The second-order valence-electron chi connectivity index (χ2n) is 7.17. The molecule has 2 aromatic carbocycles. The van der Waals surface area contributed by atoms with Gasteiger partial charge in [0.15, 0.2) is 11.5 Å². The zero-order valence-electron chi connectivity index (χ0n) is 17.2. The van der Waals surface area contributed by atoms with Gasteiger partial charge in [-0.1, -0.05) is 17.3 Å². The Kier molecular flexibility index (Phi) is 6.04. The number of ether oxygens (including phenoxy) is 2. The first-order chi connectivity index (χ1) is 14.7. The molecule has 1 fully saturated rings. The molecule has 8 heteroatoms. The van der Waals surface area contributed by atoms with Gasteiger partial charge in [0.1, 0.15) is 0 Å². The number of rotatable bonds is 7. The van der Waals surface area contributed by atoms with Crippen LogP contribution in [-0.4, -0.2) is 48.7 Å². The third kappa shape index (κ3) is 4.33. The molecule has 30 heavy (non-hydrogen) atoms. The molecular weight excluding hydrogens is 384 g/mol. The highest BCUT2D eigenvalue weighted by atomic mass is 16.5. The van der Waals surface area contributed by atoms with E-state index < -0.39 is 0 Å². The molecule has 0 aliphatic carbocycles. The Morgan fingerprint density at radius 2 is 1.87 bits per heavy atom. The molecule has 0 unspecified atom stereocenters. The number of methoxy groups -OCH3 is 2. The van der Waals surface area contributed by atoms with Gasteiger partial charge in [-0.3, -0.25) is 0 Å². The number of para-hydroxylation sites is 2. The van der Waals surface area contributed by atoms with Crippen LogP contribution in [0.1, 0.15) is 18.7 Å². The molecule has 158 valence electrons. The predicted octanol–water partition coefficient (Wildman–Crippen LogP) is 3.33. The lowest BCUT2D eigenvalue weighted by Crippen LogP contribution is -2.36. The minimum Gasteiger partial charge on any atom is -0.493 e. The summed E-state index contributed by atoms with van der Waals surface area (Å²) in [6.07, 6.45) is 1.37. The summed E-state index contributed by atoms with van der Waals surface area (Å²) in [5, 5.41) is 17.3. The summed E-state index contributed by atoms with van der Waals surface area (Å²) in [5.41, 5.74) is 2.90. The van der Waals surface area contributed by atoms with Gasteiger partial charge < -0.3 is 29.3 Å². The van der Waals surface area contributed by atoms with Crippen molar-refractivity contribution in [3.63, 3.8) is 0 Å². The lowest BCUT2D eigenvalue weighted by Gasteiger charge is -2.32. The highest BCUT2D eigenvalue weighted by molar-refractivity contribution is 5.70. The zero-order chi connectivity index (χ0) is 20.9. The molecule has 3 aromatic rings. The van der Waals surface area contributed by atoms with Crippen molar-refractivity contribution in [2.75, 3.05) is 37.5 Å². The van der Waals surface area contributed by atoms with Crippen LogP contribution >= 0.6 is 0 Å². The van der Waals surface area contributed by atoms with E-state index in [1.165, 1.54) is 0 Å². The quantitative estimate of drug-likeness (QED) is 0.613. The average Bonchev–Trinajstić information content (AvgIpc) is 3.27. The van der Waals surface area contributed by atoms with E-state index in [0.717, 1.165) is 42.9 Å². The predicted molar refractivity (Wildman–Crippen MR) is 114 cm³/mol. The molecule has 1 aliphatic heterocycles. The Bertz CT molecular complexity index is 983. The molecule has 1 saturated heterocycles. The van der Waals surface area contributed by atoms with Gasteiger partial charge in [0.2, 0.25) is 11.7 Å². The average molecular weight is 410 g/mol. The molecule has 0 amide bonds.